The van der Waals surface area contributed by atoms with Crippen LogP contribution in [0.25, 0.3) is 5.57 Å². The summed E-state index contributed by atoms with van der Waals surface area (Å²) in [5.41, 5.74) is 7.93. The molecule has 0 aliphatic heterocycles. The van der Waals surface area contributed by atoms with Crippen LogP contribution in [0.5, 0.6) is 0 Å². The minimum Gasteiger partial charge on any atom is -0.0998 e. The van der Waals surface area contributed by atoms with Gasteiger partial charge in [-0.15, -0.1) is 0 Å². The van der Waals surface area contributed by atoms with Crippen molar-refractivity contribution in [1.82, 2.24) is 0 Å². The third-order valence-corrected chi connectivity index (χ3v) is 5.38. The standard InChI is InChI=1S/C25H30S/c1-6-21(24-13-9-7-11-19(24)4)17-23(18(2)3)16-15-22-12-8-10-14-25(22)20(5)26/h6-14,23H,2,15-17H2,1,3-5H3/b21-6-. The van der Waals surface area contributed by atoms with Gasteiger partial charge in [-0.05, 0) is 80.7 Å². The van der Waals surface area contributed by atoms with Gasteiger partial charge in [-0.1, -0.05) is 79.0 Å². The minimum atomic E-state index is 0.472. The van der Waals surface area contributed by atoms with Crippen molar-refractivity contribution in [3.63, 3.8) is 0 Å². The van der Waals surface area contributed by atoms with Crippen LogP contribution in [0, 0.1) is 12.8 Å². The minimum absolute atomic E-state index is 0.472. The summed E-state index contributed by atoms with van der Waals surface area (Å²) in [5, 5.41) is 0. The van der Waals surface area contributed by atoms with E-state index in [0.717, 1.165) is 24.1 Å². The average Bonchev–Trinajstić information content (AvgIpc) is 2.62. The summed E-state index contributed by atoms with van der Waals surface area (Å²) in [7, 11) is 0. The molecule has 0 aromatic heterocycles. The summed E-state index contributed by atoms with van der Waals surface area (Å²) < 4.78 is 0. The lowest BCUT2D eigenvalue weighted by molar-refractivity contribution is 0.575. The van der Waals surface area contributed by atoms with E-state index in [1.54, 1.807) is 0 Å². The van der Waals surface area contributed by atoms with Gasteiger partial charge in [-0.3, -0.25) is 0 Å². The Morgan fingerprint density at radius 2 is 1.65 bits per heavy atom. The fourth-order valence-electron chi connectivity index (χ4n) is 3.52. The number of thiocarbonyl (C=S) groups is 1. The van der Waals surface area contributed by atoms with E-state index in [4.69, 9.17) is 12.2 Å². The molecule has 2 aromatic rings. The maximum atomic E-state index is 5.42. The predicted octanol–water partition coefficient (Wildman–Crippen LogP) is 7.35. The largest absolute Gasteiger partial charge is 0.0998 e. The van der Waals surface area contributed by atoms with E-state index in [1.807, 2.05) is 6.92 Å². The molecule has 0 nitrogen and oxygen atoms in total. The van der Waals surface area contributed by atoms with Crippen molar-refractivity contribution < 1.29 is 0 Å². The van der Waals surface area contributed by atoms with Gasteiger partial charge in [0, 0.05) is 4.86 Å². The number of rotatable bonds is 8. The first kappa shape index (κ1) is 20.3. The van der Waals surface area contributed by atoms with Crippen molar-refractivity contribution >= 4 is 22.7 Å². The lowest BCUT2D eigenvalue weighted by Crippen LogP contribution is -2.07. The molecule has 0 saturated carbocycles. The zero-order valence-corrected chi connectivity index (χ0v) is 17.3. The molecule has 0 saturated heterocycles. The fourth-order valence-corrected chi connectivity index (χ4v) is 3.72. The molecule has 0 aliphatic rings. The van der Waals surface area contributed by atoms with Crippen molar-refractivity contribution in [3.05, 3.63) is 89.0 Å². The Hall–Kier alpha value is -1.99. The second kappa shape index (κ2) is 9.64. The molecule has 0 N–H and O–H groups in total. The van der Waals surface area contributed by atoms with Gasteiger partial charge in [0.1, 0.15) is 0 Å². The van der Waals surface area contributed by atoms with E-state index < -0.39 is 0 Å². The quantitative estimate of drug-likeness (QED) is 0.269. The Morgan fingerprint density at radius 1 is 1.04 bits per heavy atom. The Balaban J connectivity index is 2.16. The van der Waals surface area contributed by atoms with E-state index in [2.05, 4.69) is 82.0 Å². The molecule has 0 heterocycles. The first-order chi connectivity index (χ1) is 12.4. The molecule has 1 heteroatoms. The molecule has 1 unspecified atom stereocenters. The number of benzene rings is 2. The van der Waals surface area contributed by atoms with Crippen LogP contribution in [0.15, 0.2) is 66.8 Å². The van der Waals surface area contributed by atoms with Gasteiger partial charge in [-0.2, -0.15) is 0 Å². The normalized spacial score (nSPS) is 12.7. The highest BCUT2D eigenvalue weighted by Gasteiger charge is 2.15. The zero-order valence-electron chi connectivity index (χ0n) is 16.5. The molecule has 2 aromatic carbocycles. The number of allylic oxidation sites excluding steroid dienone is 3. The van der Waals surface area contributed by atoms with Crippen molar-refractivity contribution in [2.24, 2.45) is 5.92 Å². The lowest BCUT2D eigenvalue weighted by atomic mass is 9.84. The zero-order chi connectivity index (χ0) is 19.1. The van der Waals surface area contributed by atoms with Crippen molar-refractivity contribution in [2.45, 2.75) is 47.0 Å². The van der Waals surface area contributed by atoms with E-state index in [9.17, 15) is 0 Å². The Bertz CT molecular complexity index is 810. The summed E-state index contributed by atoms with van der Waals surface area (Å²) >= 11 is 5.42. The fraction of sp³-hybridized carbons (Fsp3) is 0.320. The first-order valence-corrected chi connectivity index (χ1v) is 9.80. The lowest BCUT2D eigenvalue weighted by Gasteiger charge is -2.21. The molecular weight excluding hydrogens is 332 g/mol. The van der Waals surface area contributed by atoms with E-state index in [1.165, 1.54) is 33.4 Å². The average molecular weight is 363 g/mol. The third kappa shape index (κ3) is 5.25. The van der Waals surface area contributed by atoms with Gasteiger partial charge in [0.25, 0.3) is 0 Å². The van der Waals surface area contributed by atoms with Crippen molar-refractivity contribution in [3.8, 4) is 0 Å². The van der Waals surface area contributed by atoms with Gasteiger partial charge in [0.05, 0.1) is 0 Å². The van der Waals surface area contributed by atoms with Crippen LogP contribution in [0.3, 0.4) is 0 Å². The molecule has 0 fully saturated rings. The second-order valence-electron chi connectivity index (χ2n) is 7.13. The van der Waals surface area contributed by atoms with Crippen molar-refractivity contribution in [1.29, 1.82) is 0 Å². The maximum Gasteiger partial charge on any atom is 0.0196 e. The first-order valence-electron chi connectivity index (χ1n) is 9.39. The van der Waals surface area contributed by atoms with Gasteiger partial charge < -0.3 is 0 Å². The van der Waals surface area contributed by atoms with Gasteiger partial charge >= 0.3 is 0 Å². The van der Waals surface area contributed by atoms with Gasteiger partial charge in [-0.25, -0.2) is 0 Å². The Kier molecular flexibility index (Phi) is 7.53. The van der Waals surface area contributed by atoms with Crippen LogP contribution in [0.1, 0.15) is 55.9 Å². The van der Waals surface area contributed by atoms with Crippen LogP contribution < -0.4 is 0 Å². The van der Waals surface area contributed by atoms with Gasteiger partial charge in [0.15, 0.2) is 0 Å². The molecule has 0 radical (unpaired) electrons. The van der Waals surface area contributed by atoms with Crippen LogP contribution in [-0.4, -0.2) is 4.86 Å². The molecule has 26 heavy (non-hydrogen) atoms. The van der Waals surface area contributed by atoms with E-state index in [-0.39, 0.29) is 0 Å². The molecule has 136 valence electrons. The maximum absolute atomic E-state index is 5.42. The van der Waals surface area contributed by atoms with E-state index in [0.29, 0.717) is 5.92 Å². The molecule has 1 atom stereocenters. The molecule has 2 rings (SSSR count). The van der Waals surface area contributed by atoms with Crippen LogP contribution in [0.4, 0.5) is 0 Å². The highest BCUT2D eigenvalue weighted by atomic mass is 32.1. The second-order valence-corrected chi connectivity index (χ2v) is 7.74. The Labute approximate surface area is 164 Å². The number of hydrogen-bond acceptors (Lipinski definition) is 1. The molecule has 0 bridgehead atoms. The monoisotopic (exact) mass is 362 g/mol. The van der Waals surface area contributed by atoms with Crippen LogP contribution in [0.2, 0.25) is 0 Å². The summed E-state index contributed by atoms with van der Waals surface area (Å²) in [6.07, 6.45) is 5.42. The highest BCUT2D eigenvalue weighted by Crippen LogP contribution is 2.31. The number of aryl methyl sites for hydroxylation is 2. The summed E-state index contributed by atoms with van der Waals surface area (Å²) in [6, 6.07) is 17.2. The molecule has 0 amide bonds. The van der Waals surface area contributed by atoms with Gasteiger partial charge in [0.2, 0.25) is 0 Å². The Morgan fingerprint density at radius 3 is 2.23 bits per heavy atom. The predicted molar refractivity (Wildman–Crippen MR) is 120 cm³/mol. The van der Waals surface area contributed by atoms with Crippen molar-refractivity contribution in [2.75, 3.05) is 0 Å². The summed E-state index contributed by atoms with van der Waals surface area (Å²) in [6.45, 7) is 12.8. The van der Waals surface area contributed by atoms with E-state index >= 15 is 0 Å². The molecule has 0 spiro atoms. The summed E-state index contributed by atoms with van der Waals surface area (Å²) in [5.74, 6) is 0.472. The highest BCUT2D eigenvalue weighted by molar-refractivity contribution is 7.80. The van der Waals surface area contributed by atoms with Crippen LogP contribution >= 0.6 is 12.2 Å². The topological polar surface area (TPSA) is 0 Å². The third-order valence-electron chi connectivity index (χ3n) is 5.16. The summed E-state index contributed by atoms with van der Waals surface area (Å²) in [4.78, 5) is 0.974. The number of hydrogen-bond donors (Lipinski definition) is 0. The van der Waals surface area contributed by atoms with Crippen LogP contribution in [-0.2, 0) is 6.42 Å². The smallest absolute Gasteiger partial charge is 0.0196 e. The molecular formula is C25H30S. The SMILES string of the molecule is C=C(C)C(CCc1ccccc1C(C)=S)C/C(=C/C)c1ccccc1C. The molecule has 0 aliphatic carbocycles.